The van der Waals surface area contributed by atoms with E-state index >= 15 is 0 Å². The Hall–Kier alpha value is -3.20. The Labute approximate surface area is 133 Å². The molecule has 0 saturated carbocycles. The Morgan fingerprint density at radius 3 is 2.39 bits per heavy atom. The van der Waals surface area contributed by atoms with Crippen LogP contribution in [0.3, 0.4) is 0 Å². The molecule has 118 valence electrons. The molecule has 0 radical (unpaired) electrons. The van der Waals surface area contributed by atoms with E-state index < -0.39 is 21.4 Å². The smallest absolute Gasteiger partial charge is 0.288 e. The van der Waals surface area contributed by atoms with Crippen molar-refractivity contribution in [1.82, 2.24) is 0 Å². The maximum Gasteiger partial charge on any atom is 0.288 e. The molecule has 23 heavy (non-hydrogen) atoms. The number of non-ortho nitro benzene ring substituents is 1. The molecule has 0 atom stereocenters. The van der Waals surface area contributed by atoms with Crippen molar-refractivity contribution < 1.29 is 19.7 Å². The quantitative estimate of drug-likeness (QED) is 0.499. The van der Waals surface area contributed by atoms with Crippen LogP contribution in [0.5, 0.6) is 5.75 Å². The first kappa shape index (κ1) is 16.2. The largest absolute Gasteiger partial charge is 0.506 e. The summed E-state index contributed by atoms with van der Waals surface area (Å²) < 4.78 is 0. The Morgan fingerprint density at radius 2 is 1.78 bits per heavy atom. The number of halogens is 1. The molecule has 2 N–H and O–H groups in total. The van der Waals surface area contributed by atoms with Crippen LogP contribution in [0.4, 0.5) is 17.1 Å². The van der Waals surface area contributed by atoms with Gasteiger partial charge in [0, 0.05) is 23.8 Å². The second-order valence-corrected chi connectivity index (χ2v) is 4.74. The number of hydrogen-bond acceptors (Lipinski definition) is 6. The van der Waals surface area contributed by atoms with Crippen molar-refractivity contribution in [2.75, 3.05) is 5.32 Å². The predicted octanol–water partition coefficient (Wildman–Crippen LogP) is 3.11. The van der Waals surface area contributed by atoms with Crippen molar-refractivity contribution in [2.45, 2.75) is 0 Å². The minimum atomic E-state index is -0.791. The van der Waals surface area contributed by atoms with Crippen molar-refractivity contribution in [1.29, 1.82) is 0 Å². The monoisotopic (exact) mass is 337 g/mol. The first-order valence-electron chi connectivity index (χ1n) is 6.02. The first-order chi connectivity index (χ1) is 10.8. The van der Waals surface area contributed by atoms with Gasteiger partial charge < -0.3 is 10.4 Å². The molecule has 0 aromatic heterocycles. The van der Waals surface area contributed by atoms with E-state index in [1.165, 1.54) is 12.1 Å². The van der Waals surface area contributed by atoms with Gasteiger partial charge in [-0.2, -0.15) is 0 Å². The molecule has 0 aliphatic carbocycles. The molecule has 0 fully saturated rings. The number of anilines is 1. The average molecular weight is 338 g/mol. The number of amides is 1. The lowest BCUT2D eigenvalue weighted by molar-refractivity contribution is -0.384. The molecule has 2 aromatic rings. The molecule has 0 unspecified atom stereocenters. The van der Waals surface area contributed by atoms with E-state index in [1.807, 2.05) is 0 Å². The highest BCUT2D eigenvalue weighted by molar-refractivity contribution is 6.32. The fourth-order valence-electron chi connectivity index (χ4n) is 1.73. The summed E-state index contributed by atoms with van der Waals surface area (Å²) in [4.78, 5) is 32.1. The number of nitrogens with one attached hydrogen (secondary N) is 1. The van der Waals surface area contributed by atoms with Gasteiger partial charge in [-0.25, -0.2) is 0 Å². The van der Waals surface area contributed by atoms with E-state index in [9.17, 15) is 30.1 Å². The fourth-order valence-corrected chi connectivity index (χ4v) is 1.91. The summed E-state index contributed by atoms with van der Waals surface area (Å²) in [6.45, 7) is 0. The van der Waals surface area contributed by atoms with Crippen molar-refractivity contribution in [3.05, 3.63) is 67.2 Å². The highest BCUT2D eigenvalue weighted by atomic mass is 35.5. The van der Waals surface area contributed by atoms with Crippen LogP contribution in [0.2, 0.25) is 5.02 Å². The Morgan fingerprint density at radius 1 is 1.09 bits per heavy atom. The molecule has 2 rings (SSSR count). The number of hydrogen-bond donors (Lipinski definition) is 2. The molecule has 0 aliphatic heterocycles. The molecule has 0 heterocycles. The van der Waals surface area contributed by atoms with Crippen LogP contribution in [0.25, 0.3) is 0 Å². The van der Waals surface area contributed by atoms with Crippen LogP contribution in [0, 0.1) is 20.2 Å². The topological polar surface area (TPSA) is 136 Å². The number of phenolic OH excluding ortho intramolecular Hbond substituents is 1. The van der Waals surface area contributed by atoms with Crippen LogP contribution >= 0.6 is 11.6 Å². The summed E-state index contributed by atoms with van der Waals surface area (Å²) in [5, 5.41) is 33.2. The zero-order chi connectivity index (χ0) is 17.1. The molecule has 10 heteroatoms. The highest BCUT2D eigenvalue weighted by Crippen LogP contribution is 2.29. The third-order valence-corrected chi connectivity index (χ3v) is 3.16. The van der Waals surface area contributed by atoms with Gasteiger partial charge >= 0.3 is 0 Å². The lowest BCUT2D eigenvalue weighted by Crippen LogP contribution is -2.12. The number of rotatable bonds is 4. The van der Waals surface area contributed by atoms with E-state index in [0.29, 0.717) is 0 Å². The van der Waals surface area contributed by atoms with E-state index in [0.717, 1.165) is 24.3 Å². The van der Waals surface area contributed by atoms with Gasteiger partial charge in [0.25, 0.3) is 17.3 Å². The summed E-state index contributed by atoms with van der Waals surface area (Å²) in [6, 6.07) is 6.49. The zero-order valence-corrected chi connectivity index (χ0v) is 12.0. The number of phenols is 1. The fraction of sp³-hybridized carbons (Fsp3) is 0. The molecule has 0 spiro atoms. The maximum absolute atomic E-state index is 12.1. The number of nitrogens with zero attached hydrogens (tertiary/aromatic N) is 2. The number of aromatic hydroxyl groups is 1. The Kier molecular flexibility index (Phi) is 4.42. The van der Waals surface area contributed by atoms with Gasteiger partial charge in [0.2, 0.25) is 0 Å². The Bertz CT molecular complexity index is 823. The molecule has 0 saturated heterocycles. The molecule has 0 aliphatic rings. The summed E-state index contributed by atoms with van der Waals surface area (Å²) in [7, 11) is 0. The summed E-state index contributed by atoms with van der Waals surface area (Å²) >= 11 is 5.65. The van der Waals surface area contributed by atoms with Crippen LogP contribution in [-0.4, -0.2) is 20.9 Å². The first-order valence-corrected chi connectivity index (χ1v) is 6.40. The van der Waals surface area contributed by atoms with Crippen molar-refractivity contribution in [3.63, 3.8) is 0 Å². The van der Waals surface area contributed by atoms with Crippen LogP contribution in [0.15, 0.2) is 36.4 Å². The summed E-state index contributed by atoms with van der Waals surface area (Å²) in [6.07, 6.45) is 0. The highest BCUT2D eigenvalue weighted by Gasteiger charge is 2.18. The van der Waals surface area contributed by atoms with Gasteiger partial charge in [-0.1, -0.05) is 11.6 Å². The lowest BCUT2D eigenvalue weighted by Gasteiger charge is -2.07. The summed E-state index contributed by atoms with van der Waals surface area (Å²) in [5.41, 5.74) is -1.07. The van der Waals surface area contributed by atoms with E-state index in [1.54, 1.807) is 0 Å². The number of benzene rings is 2. The van der Waals surface area contributed by atoms with Gasteiger partial charge in [-0.3, -0.25) is 25.0 Å². The van der Waals surface area contributed by atoms with Crippen LogP contribution < -0.4 is 5.32 Å². The van der Waals surface area contributed by atoms with Gasteiger partial charge in [0.05, 0.1) is 15.5 Å². The molecule has 2 aromatic carbocycles. The second-order valence-electron chi connectivity index (χ2n) is 4.34. The number of nitro groups is 2. The van der Waals surface area contributed by atoms with Crippen LogP contribution in [0.1, 0.15) is 10.4 Å². The van der Waals surface area contributed by atoms with Gasteiger partial charge in [0.15, 0.2) is 0 Å². The standard InChI is InChI=1S/C13H8ClN3O6/c14-9-3-1-7(5-11(9)17(22)23)13(19)15-10-6-8(16(20)21)2-4-12(10)18/h1-6,18H,(H,15,19). The summed E-state index contributed by atoms with van der Waals surface area (Å²) in [5.74, 6) is -1.17. The molecular formula is C13H8ClN3O6. The van der Waals surface area contributed by atoms with Crippen molar-refractivity contribution in [3.8, 4) is 5.75 Å². The van der Waals surface area contributed by atoms with Gasteiger partial charge in [-0.15, -0.1) is 0 Å². The lowest BCUT2D eigenvalue weighted by atomic mass is 10.1. The third kappa shape index (κ3) is 3.52. The molecule has 9 nitrogen and oxygen atoms in total. The number of carbonyl (C=O) groups excluding carboxylic acids is 1. The SMILES string of the molecule is O=C(Nc1cc([N+](=O)[O-])ccc1O)c1ccc(Cl)c([N+](=O)[O-])c1. The number of nitro benzene ring substituents is 2. The maximum atomic E-state index is 12.1. The minimum absolute atomic E-state index is 0.0907. The van der Waals surface area contributed by atoms with Gasteiger partial charge in [0.1, 0.15) is 10.8 Å². The zero-order valence-electron chi connectivity index (χ0n) is 11.2. The molecule has 0 bridgehead atoms. The Balaban J connectivity index is 2.33. The van der Waals surface area contributed by atoms with Crippen LogP contribution in [-0.2, 0) is 0 Å². The minimum Gasteiger partial charge on any atom is -0.506 e. The molecular weight excluding hydrogens is 330 g/mol. The van der Waals surface area contributed by atoms with Crippen molar-refractivity contribution in [2.24, 2.45) is 0 Å². The average Bonchev–Trinajstić information content (AvgIpc) is 2.49. The molecule has 1 amide bonds. The second kappa shape index (κ2) is 6.28. The van der Waals surface area contributed by atoms with Crippen molar-refractivity contribution >= 4 is 34.6 Å². The third-order valence-electron chi connectivity index (χ3n) is 2.84. The van der Waals surface area contributed by atoms with Gasteiger partial charge in [-0.05, 0) is 18.2 Å². The van der Waals surface area contributed by atoms with E-state index in [2.05, 4.69) is 5.32 Å². The normalized spacial score (nSPS) is 10.1. The van der Waals surface area contributed by atoms with E-state index in [-0.39, 0.29) is 27.7 Å². The predicted molar refractivity (Wildman–Crippen MR) is 80.8 cm³/mol. The number of carbonyl (C=O) groups is 1. The van der Waals surface area contributed by atoms with E-state index in [4.69, 9.17) is 11.6 Å².